The number of nitrogens with one attached hydrogen (secondary N) is 2. The number of pyridine rings is 1. The van der Waals surface area contributed by atoms with Crippen LogP contribution in [-0.2, 0) is 4.79 Å². The number of nitriles is 1. The van der Waals surface area contributed by atoms with Crippen molar-refractivity contribution < 1.29 is 4.79 Å². The molecule has 0 aliphatic carbocycles. The summed E-state index contributed by atoms with van der Waals surface area (Å²) in [5.41, 5.74) is 0.242. The monoisotopic (exact) mass is 231 g/mol. The van der Waals surface area contributed by atoms with Gasteiger partial charge in [-0.25, -0.2) is 0 Å². The first kappa shape index (κ1) is 12.7. The Bertz CT molecular complexity index is 523. The van der Waals surface area contributed by atoms with Crippen molar-refractivity contribution in [1.29, 1.82) is 5.26 Å². The Morgan fingerprint density at radius 3 is 3.00 bits per heavy atom. The first-order valence-corrected chi connectivity index (χ1v) is 5.26. The van der Waals surface area contributed by atoms with E-state index in [1.807, 2.05) is 13.0 Å². The van der Waals surface area contributed by atoms with Crippen molar-refractivity contribution >= 4 is 12.0 Å². The number of carbonyl (C=O) groups excluding carboxylic acids is 1. The first-order chi connectivity index (χ1) is 8.17. The quantitative estimate of drug-likeness (QED) is 0.594. The number of aromatic nitrogens is 1. The van der Waals surface area contributed by atoms with Crippen LogP contribution in [0.5, 0.6) is 0 Å². The van der Waals surface area contributed by atoms with E-state index in [1.54, 1.807) is 6.07 Å². The molecule has 5 heteroatoms. The summed E-state index contributed by atoms with van der Waals surface area (Å²) in [5, 5.41) is 11.5. The highest BCUT2D eigenvalue weighted by Crippen LogP contribution is 2.03. The number of carbonyl (C=O) groups is 1. The summed E-state index contributed by atoms with van der Waals surface area (Å²) in [5.74, 6) is -0.422. The van der Waals surface area contributed by atoms with Crippen LogP contribution in [0.3, 0.4) is 0 Å². The molecule has 2 N–H and O–H groups in total. The van der Waals surface area contributed by atoms with Crippen LogP contribution in [0.25, 0.3) is 6.08 Å². The Kier molecular flexibility index (Phi) is 4.70. The van der Waals surface area contributed by atoms with Crippen molar-refractivity contribution in [3.63, 3.8) is 0 Å². The molecular weight excluding hydrogens is 218 g/mol. The second kappa shape index (κ2) is 6.28. The lowest BCUT2D eigenvalue weighted by Crippen LogP contribution is -2.25. The highest BCUT2D eigenvalue weighted by molar-refractivity contribution is 6.01. The maximum Gasteiger partial charge on any atom is 0.261 e. The van der Waals surface area contributed by atoms with Crippen LogP contribution >= 0.6 is 0 Å². The van der Waals surface area contributed by atoms with E-state index in [-0.39, 0.29) is 11.1 Å². The van der Waals surface area contributed by atoms with Gasteiger partial charge in [0.15, 0.2) is 0 Å². The van der Waals surface area contributed by atoms with Crippen molar-refractivity contribution in [2.75, 3.05) is 6.54 Å². The largest absolute Gasteiger partial charge is 0.351 e. The molecule has 0 aliphatic heterocycles. The average molecular weight is 231 g/mol. The molecule has 0 saturated carbocycles. The van der Waals surface area contributed by atoms with Crippen LogP contribution in [-0.4, -0.2) is 17.4 Å². The summed E-state index contributed by atoms with van der Waals surface area (Å²) >= 11 is 0. The minimum absolute atomic E-state index is 0.0101. The van der Waals surface area contributed by atoms with Crippen molar-refractivity contribution in [3.8, 4) is 6.07 Å². The molecule has 0 aliphatic rings. The van der Waals surface area contributed by atoms with Crippen molar-refractivity contribution in [2.45, 2.75) is 13.3 Å². The third kappa shape index (κ3) is 3.95. The zero-order valence-corrected chi connectivity index (χ0v) is 9.49. The van der Waals surface area contributed by atoms with Crippen LogP contribution in [0.4, 0.5) is 0 Å². The van der Waals surface area contributed by atoms with Gasteiger partial charge in [0.2, 0.25) is 5.56 Å². The highest BCUT2D eigenvalue weighted by Gasteiger charge is 2.07. The first-order valence-electron chi connectivity index (χ1n) is 5.26. The van der Waals surface area contributed by atoms with E-state index < -0.39 is 5.91 Å². The molecule has 0 saturated heterocycles. The van der Waals surface area contributed by atoms with E-state index in [2.05, 4.69) is 10.3 Å². The summed E-state index contributed by atoms with van der Waals surface area (Å²) in [7, 11) is 0. The zero-order valence-electron chi connectivity index (χ0n) is 9.49. The maximum absolute atomic E-state index is 11.5. The lowest BCUT2D eigenvalue weighted by Gasteiger charge is -2.01. The van der Waals surface area contributed by atoms with Crippen LogP contribution in [0, 0.1) is 11.3 Å². The number of rotatable bonds is 4. The molecule has 0 aromatic carbocycles. The van der Waals surface area contributed by atoms with E-state index in [9.17, 15) is 9.59 Å². The van der Waals surface area contributed by atoms with Gasteiger partial charge in [-0.15, -0.1) is 0 Å². The Balaban J connectivity index is 2.91. The van der Waals surface area contributed by atoms with Crippen LogP contribution in [0.2, 0.25) is 0 Å². The third-order valence-electron chi connectivity index (χ3n) is 2.01. The summed E-state index contributed by atoms with van der Waals surface area (Å²) in [6, 6.07) is 4.76. The fourth-order valence-electron chi connectivity index (χ4n) is 1.20. The molecule has 1 amide bonds. The fraction of sp³-hybridized carbons (Fsp3) is 0.250. The maximum atomic E-state index is 11.5. The second-order valence-corrected chi connectivity index (χ2v) is 3.41. The molecule has 5 nitrogen and oxygen atoms in total. The van der Waals surface area contributed by atoms with Crippen molar-refractivity contribution in [1.82, 2.24) is 10.3 Å². The predicted octanol–water partition coefficient (Wildman–Crippen LogP) is 0.808. The zero-order chi connectivity index (χ0) is 12.7. The normalized spacial score (nSPS) is 10.7. The molecule has 1 rings (SSSR count). The van der Waals surface area contributed by atoms with Gasteiger partial charge in [-0.2, -0.15) is 5.26 Å². The molecule has 0 radical (unpaired) electrons. The van der Waals surface area contributed by atoms with Crippen LogP contribution < -0.4 is 10.9 Å². The summed E-state index contributed by atoms with van der Waals surface area (Å²) in [4.78, 5) is 25.0. The van der Waals surface area contributed by atoms with Crippen molar-refractivity contribution in [2.24, 2.45) is 0 Å². The van der Waals surface area contributed by atoms with E-state index in [1.165, 1.54) is 18.3 Å². The van der Waals surface area contributed by atoms with E-state index >= 15 is 0 Å². The van der Waals surface area contributed by atoms with Gasteiger partial charge >= 0.3 is 0 Å². The Morgan fingerprint density at radius 2 is 2.41 bits per heavy atom. The number of aromatic amines is 1. The summed E-state index contributed by atoms with van der Waals surface area (Å²) in [6.45, 7) is 2.44. The molecular formula is C12H13N3O2. The van der Waals surface area contributed by atoms with Gasteiger partial charge in [0, 0.05) is 18.8 Å². The Morgan fingerprint density at radius 1 is 1.65 bits per heavy atom. The van der Waals surface area contributed by atoms with Gasteiger partial charge in [0.1, 0.15) is 11.6 Å². The molecule has 0 unspecified atom stereocenters. The number of H-pyrrole nitrogens is 1. The van der Waals surface area contributed by atoms with E-state index in [4.69, 9.17) is 5.26 Å². The van der Waals surface area contributed by atoms with Gasteiger partial charge in [-0.3, -0.25) is 9.59 Å². The van der Waals surface area contributed by atoms with Crippen LogP contribution in [0.1, 0.15) is 18.9 Å². The molecule has 0 spiro atoms. The molecule has 1 aromatic heterocycles. The van der Waals surface area contributed by atoms with Crippen LogP contribution in [0.15, 0.2) is 28.7 Å². The smallest absolute Gasteiger partial charge is 0.261 e. The van der Waals surface area contributed by atoms with Gasteiger partial charge in [0.25, 0.3) is 5.91 Å². The van der Waals surface area contributed by atoms with Crippen molar-refractivity contribution in [3.05, 3.63) is 39.8 Å². The minimum atomic E-state index is -0.422. The number of nitrogens with zero attached hydrogens (tertiary/aromatic N) is 1. The number of amides is 1. The molecule has 0 fully saturated rings. The minimum Gasteiger partial charge on any atom is -0.351 e. The Labute approximate surface area is 98.8 Å². The summed E-state index contributed by atoms with van der Waals surface area (Å²) < 4.78 is 0. The second-order valence-electron chi connectivity index (χ2n) is 3.41. The molecule has 88 valence electrons. The molecule has 0 bridgehead atoms. The Hall–Kier alpha value is -2.35. The number of hydrogen-bond acceptors (Lipinski definition) is 3. The van der Waals surface area contributed by atoms with Gasteiger partial charge in [-0.05, 0) is 24.1 Å². The fourth-order valence-corrected chi connectivity index (χ4v) is 1.20. The standard InChI is InChI=1S/C12H13N3O2/c1-2-4-15-12(17)10(8-13)6-9-3-5-14-11(16)7-9/h3,5-7H,2,4H2,1H3,(H,14,16)(H,15,17)/b10-6+. The highest BCUT2D eigenvalue weighted by atomic mass is 16.1. The van der Waals surface area contributed by atoms with Gasteiger partial charge in [0.05, 0.1) is 0 Å². The molecule has 1 aromatic rings. The lowest BCUT2D eigenvalue weighted by atomic mass is 10.1. The van der Waals surface area contributed by atoms with Gasteiger partial charge < -0.3 is 10.3 Å². The number of hydrogen-bond donors (Lipinski definition) is 2. The predicted molar refractivity (Wildman–Crippen MR) is 64.0 cm³/mol. The summed E-state index contributed by atoms with van der Waals surface area (Å²) in [6.07, 6.45) is 3.66. The molecule has 1 heterocycles. The van der Waals surface area contributed by atoms with Gasteiger partial charge in [-0.1, -0.05) is 6.92 Å². The average Bonchev–Trinajstić information content (AvgIpc) is 2.33. The lowest BCUT2D eigenvalue weighted by molar-refractivity contribution is -0.117. The molecule has 17 heavy (non-hydrogen) atoms. The van der Waals surface area contributed by atoms with E-state index in [0.717, 1.165) is 6.42 Å². The third-order valence-corrected chi connectivity index (χ3v) is 2.01. The topological polar surface area (TPSA) is 85.8 Å². The SMILES string of the molecule is CCCNC(=O)/C(C#N)=C/c1cc[nH]c(=O)c1. The van der Waals surface area contributed by atoms with E-state index in [0.29, 0.717) is 12.1 Å². The molecule has 0 atom stereocenters.